The number of hydrogen-bond donors (Lipinski definition) is 2. The number of nitrogens with zero attached hydrogens (tertiary/aromatic N) is 1. The molecule has 4 nitrogen and oxygen atoms in total. The van der Waals surface area contributed by atoms with Gasteiger partial charge in [0.1, 0.15) is 6.04 Å². The molecule has 0 rings (SSSR count). The van der Waals surface area contributed by atoms with E-state index in [0.717, 1.165) is 0 Å². The van der Waals surface area contributed by atoms with E-state index in [2.05, 4.69) is 5.32 Å². The van der Waals surface area contributed by atoms with Gasteiger partial charge in [0, 0.05) is 0 Å². The van der Waals surface area contributed by atoms with Gasteiger partial charge in [-0.1, -0.05) is 6.92 Å². The van der Waals surface area contributed by atoms with Gasteiger partial charge in [0.2, 0.25) is 0 Å². The normalized spacial score (nSPS) is 15.0. The van der Waals surface area contributed by atoms with Gasteiger partial charge >= 0.3 is 5.97 Å². The monoisotopic (exact) mass is 156 g/mol. The maximum Gasteiger partial charge on any atom is 0.320 e. The molecule has 0 aromatic carbocycles. The summed E-state index contributed by atoms with van der Waals surface area (Å²) >= 11 is 0. The van der Waals surface area contributed by atoms with E-state index < -0.39 is 12.0 Å². The van der Waals surface area contributed by atoms with Crippen LogP contribution in [0.5, 0.6) is 0 Å². The van der Waals surface area contributed by atoms with Gasteiger partial charge in [-0.05, 0) is 13.3 Å². The molecule has 0 heterocycles. The summed E-state index contributed by atoms with van der Waals surface area (Å²) in [7, 11) is 0. The Labute approximate surface area is 65.8 Å². The van der Waals surface area contributed by atoms with Gasteiger partial charge in [-0.3, -0.25) is 10.1 Å². The Bertz CT molecular complexity index is 174. The van der Waals surface area contributed by atoms with Crippen LogP contribution >= 0.6 is 0 Å². The molecule has 11 heavy (non-hydrogen) atoms. The minimum atomic E-state index is -0.932. The number of hydrogen-bond acceptors (Lipinski definition) is 3. The van der Waals surface area contributed by atoms with Crippen LogP contribution in [0.15, 0.2) is 0 Å². The predicted octanol–water partition coefficient (Wildman–Crippen LogP) is 0.351. The molecule has 0 unspecified atom stereocenters. The van der Waals surface area contributed by atoms with Crippen molar-refractivity contribution in [1.29, 1.82) is 5.26 Å². The van der Waals surface area contributed by atoms with Crippen LogP contribution in [0.2, 0.25) is 0 Å². The molecule has 4 heteroatoms. The van der Waals surface area contributed by atoms with Crippen LogP contribution < -0.4 is 5.32 Å². The zero-order valence-electron chi connectivity index (χ0n) is 6.66. The van der Waals surface area contributed by atoms with E-state index in [-0.39, 0.29) is 6.04 Å². The zero-order valence-corrected chi connectivity index (χ0v) is 6.66. The lowest BCUT2D eigenvalue weighted by atomic mass is 10.2. The number of aliphatic carboxylic acids is 1. The summed E-state index contributed by atoms with van der Waals surface area (Å²) in [6.45, 7) is 3.35. The van der Waals surface area contributed by atoms with E-state index in [0.29, 0.717) is 6.42 Å². The second-order valence-electron chi connectivity index (χ2n) is 2.32. The Kier molecular flexibility index (Phi) is 4.23. The fourth-order valence-electron chi connectivity index (χ4n) is 0.619. The third kappa shape index (κ3) is 3.58. The molecule has 0 aliphatic rings. The van der Waals surface area contributed by atoms with E-state index in [1.807, 2.05) is 13.0 Å². The maximum atomic E-state index is 10.3. The molecule has 0 saturated heterocycles. The van der Waals surface area contributed by atoms with Crippen LogP contribution in [0.4, 0.5) is 0 Å². The molecule has 0 aromatic heterocycles. The third-order valence-electron chi connectivity index (χ3n) is 1.39. The Morgan fingerprint density at radius 2 is 2.36 bits per heavy atom. The molecule has 0 aliphatic heterocycles. The van der Waals surface area contributed by atoms with Crippen LogP contribution in [-0.4, -0.2) is 23.2 Å². The Balaban J connectivity index is 3.83. The second-order valence-corrected chi connectivity index (χ2v) is 2.32. The van der Waals surface area contributed by atoms with E-state index in [1.54, 1.807) is 0 Å². The van der Waals surface area contributed by atoms with E-state index in [9.17, 15) is 4.79 Å². The highest BCUT2D eigenvalue weighted by atomic mass is 16.4. The SMILES string of the molecule is CC[C@@H](C#N)N[C@@H](C)C(=O)O. The highest BCUT2D eigenvalue weighted by molar-refractivity contribution is 5.72. The maximum absolute atomic E-state index is 10.3. The average Bonchev–Trinajstić information content (AvgIpc) is 1.99. The van der Waals surface area contributed by atoms with E-state index >= 15 is 0 Å². The van der Waals surface area contributed by atoms with Crippen LogP contribution in [-0.2, 0) is 4.79 Å². The first-order valence-electron chi connectivity index (χ1n) is 3.50. The highest BCUT2D eigenvalue weighted by Gasteiger charge is 2.14. The Hall–Kier alpha value is -1.08. The summed E-state index contributed by atoms with van der Waals surface area (Å²) in [6, 6.07) is 0.950. The summed E-state index contributed by atoms with van der Waals surface area (Å²) in [6.07, 6.45) is 0.619. The summed E-state index contributed by atoms with van der Waals surface area (Å²) in [5.74, 6) is -0.932. The van der Waals surface area contributed by atoms with Crippen molar-refractivity contribution in [2.45, 2.75) is 32.4 Å². The van der Waals surface area contributed by atoms with Crippen LogP contribution in [0.25, 0.3) is 0 Å². The van der Waals surface area contributed by atoms with Gasteiger partial charge in [-0.25, -0.2) is 0 Å². The molecule has 0 saturated carbocycles. The molecule has 0 aliphatic carbocycles. The highest BCUT2D eigenvalue weighted by Crippen LogP contribution is 1.91. The van der Waals surface area contributed by atoms with Gasteiger partial charge in [0.05, 0.1) is 12.1 Å². The van der Waals surface area contributed by atoms with Crippen LogP contribution in [0, 0.1) is 11.3 Å². The van der Waals surface area contributed by atoms with Gasteiger partial charge in [0.15, 0.2) is 0 Å². The lowest BCUT2D eigenvalue weighted by Gasteiger charge is -2.12. The van der Waals surface area contributed by atoms with Crippen molar-refractivity contribution >= 4 is 5.97 Å². The zero-order chi connectivity index (χ0) is 8.85. The van der Waals surface area contributed by atoms with Crippen LogP contribution in [0.3, 0.4) is 0 Å². The van der Waals surface area contributed by atoms with Crippen molar-refractivity contribution in [3.05, 3.63) is 0 Å². The van der Waals surface area contributed by atoms with Crippen LogP contribution in [0.1, 0.15) is 20.3 Å². The summed E-state index contributed by atoms with van der Waals surface area (Å²) in [4.78, 5) is 10.3. The number of carboxylic acids is 1. The van der Waals surface area contributed by atoms with Gasteiger partial charge in [0.25, 0.3) is 0 Å². The second kappa shape index (κ2) is 4.69. The predicted molar refractivity (Wildman–Crippen MR) is 39.9 cm³/mol. The largest absolute Gasteiger partial charge is 0.480 e. The van der Waals surface area contributed by atoms with Crippen molar-refractivity contribution in [3.8, 4) is 6.07 Å². The van der Waals surface area contributed by atoms with Crippen molar-refractivity contribution < 1.29 is 9.90 Å². The average molecular weight is 156 g/mol. The van der Waals surface area contributed by atoms with Gasteiger partial charge in [-0.2, -0.15) is 5.26 Å². The molecule has 0 amide bonds. The van der Waals surface area contributed by atoms with Gasteiger partial charge in [-0.15, -0.1) is 0 Å². The smallest absolute Gasteiger partial charge is 0.320 e. The van der Waals surface area contributed by atoms with Crippen molar-refractivity contribution in [2.24, 2.45) is 0 Å². The molecule has 0 radical (unpaired) electrons. The molecule has 0 fully saturated rings. The first kappa shape index (κ1) is 9.92. The Morgan fingerprint density at radius 1 is 1.82 bits per heavy atom. The van der Waals surface area contributed by atoms with E-state index in [1.165, 1.54) is 6.92 Å². The minimum absolute atomic E-state index is 0.360. The first-order chi connectivity index (χ1) is 5.11. The third-order valence-corrected chi connectivity index (χ3v) is 1.39. The topological polar surface area (TPSA) is 73.1 Å². The van der Waals surface area contributed by atoms with Crippen molar-refractivity contribution in [3.63, 3.8) is 0 Å². The number of nitrogens with one attached hydrogen (secondary N) is 1. The fraction of sp³-hybridized carbons (Fsp3) is 0.714. The molecule has 2 atom stereocenters. The molecule has 0 bridgehead atoms. The molecular formula is C7H12N2O2. The molecule has 2 N–H and O–H groups in total. The number of carbonyl (C=O) groups is 1. The molecule has 0 aromatic rings. The number of nitriles is 1. The van der Waals surface area contributed by atoms with E-state index in [4.69, 9.17) is 10.4 Å². The van der Waals surface area contributed by atoms with Crippen molar-refractivity contribution in [2.75, 3.05) is 0 Å². The summed E-state index contributed by atoms with van der Waals surface area (Å²) < 4.78 is 0. The molecule has 62 valence electrons. The Morgan fingerprint density at radius 3 is 2.64 bits per heavy atom. The van der Waals surface area contributed by atoms with Gasteiger partial charge < -0.3 is 5.11 Å². The lowest BCUT2D eigenvalue weighted by molar-refractivity contribution is -0.139. The quantitative estimate of drug-likeness (QED) is 0.616. The summed E-state index contributed by atoms with van der Waals surface area (Å²) in [5, 5.41) is 19.6. The lowest BCUT2D eigenvalue weighted by Crippen LogP contribution is -2.40. The standard InChI is InChI=1S/C7H12N2O2/c1-3-6(4-8)9-5(2)7(10)11/h5-6,9H,3H2,1-2H3,(H,10,11)/t5-,6-/m0/s1. The molecule has 0 spiro atoms. The number of carboxylic acid groups (broad SMARTS) is 1. The fourth-order valence-corrected chi connectivity index (χ4v) is 0.619. The minimum Gasteiger partial charge on any atom is -0.480 e. The first-order valence-corrected chi connectivity index (χ1v) is 3.50. The number of rotatable bonds is 4. The molecular weight excluding hydrogens is 144 g/mol. The van der Waals surface area contributed by atoms with Crippen molar-refractivity contribution in [1.82, 2.24) is 5.32 Å². The summed E-state index contributed by atoms with van der Waals surface area (Å²) in [5.41, 5.74) is 0.